The summed E-state index contributed by atoms with van der Waals surface area (Å²) < 4.78 is 5.45. The van der Waals surface area contributed by atoms with Crippen molar-refractivity contribution in [2.45, 2.75) is 321 Å². The molecular weight excluding hydrogens is 815 g/mol. The van der Waals surface area contributed by atoms with Crippen LogP contribution in [0.4, 0.5) is 0 Å². The average Bonchev–Trinajstić information content (AvgIpc) is 3.32. The fourth-order valence-corrected chi connectivity index (χ4v) is 8.90. The maximum atomic E-state index is 12.5. The zero-order chi connectivity index (χ0) is 47.9. The molecule has 0 aliphatic heterocycles. The first-order valence-electron chi connectivity index (χ1n) is 29.2. The Morgan fingerprint density at radius 1 is 0.424 bits per heavy atom. The quantitative estimate of drug-likeness (QED) is 0.0321. The van der Waals surface area contributed by atoms with Crippen LogP contribution in [0.5, 0.6) is 0 Å². The predicted octanol–water partition coefficient (Wildman–Crippen LogP) is 18.0. The van der Waals surface area contributed by atoms with Gasteiger partial charge in [-0.25, -0.2) is 0 Å². The highest BCUT2D eigenvalue weighted by Gasteiger charge is 2.20. The van der Waals surface area contributed by atoms with E-state index in [-0.39, 0.29) is 18.5 Å². The number of hydrogen-bond acceptors (Lipinski definition) is 5. The van der Waals surface area contributed by atoms with Gasteiger partial charge in [0.1, 0.15) is 0 Å². The van der Waals surface area contributed by atoms with Gasteiger partial charge >= 0.3 is 5.97 Å². The molecular formula is C60H113NO5. The number of esters is 1. The van der Waals surface area contributed by atoms with Crippen LogP contribution in [0.15, 0.2) is 36.5 Å². The molecule has 0 bridgehead atoms. The van der Waals surface area contributed by atoms with Crippen LogP contribution in [0.3, 0.4) is 0 Å². The summed E-state index contributed by atoms with van der Waals surface area (Å²) in [5.74, 6) is -0.101. The SMILES string of the molecule is CCCCCC/C=C\C/C=C\CCCCCCCCCC(=O)OCCCC/C=C\CCCCCCCC(=O)NC(CO)C(O)CCCCCCCCCCCCCCCCCCCCCC. The normalized spacial score (nSPS) is 12.8. The highest BCUT2D eigenvalue weighted by Crippen LogP contribution is 2.17. The topological polar surface area (TPSA) is 95.9 Å². The van der Waals surface area contributed by atoms with Crippen molar-refractivity contribution in [3.05, 3.63) is 36.5 Å². The summed E-state index contributed by atoms with van der Waals surface area (Å²) in [5.41, 5.74) is 0. The molecule has 0 heterocycles. The van der Waals surface area contributed by atoms with Crippen LogP contribution >= 0.6 is 0 Å². The highest BCUT2D eigenvalue weighted by atomic mass is 16.5. The van der Waals surface area contributed by atoms with E-state index in [0.29, 0.717) is 25.9 Å². The van der Waals surface area contributed by atoms with E-state index in [1.165, 1.54) is 186 Å². The monoisotopic (exact) mass is 928 g/mol. The Labute approximate surface area is 411 Å². The van der Waals surface area contributed by atoms with Gasteiger partial charge in [-0.1, -0.05) is 249 Å². The number of hydrogen-bond donors (Lipinski definition) is 3. The Bertz CT molecular complexity index is 1070. The van der Waals surface area contributed by atoms with Crippen LogP contribution in [0, 0.1) is 0 Å². The van der Waals surface area contributed by atoms with Crippen molar-refractivity contribution in [1.82, 2.24) is 5.32 Å². The number of rotatable bonds is 54. The van der Waals surface area contributed by atoms with Gasteiger partial charge in [-0.3, -0.25) is 9.59 Å². The molecule has 0 fully saturated rings. The van der Waals surface area contributed by atoms with Gasteiger partial charge < -0.3 is 20.3 Å². The Morgan fingerprint density at radius 3 is 1.18 bits per heavy atom. The number of aliphatic hydroxyl groups is 2. The molecule has 2 unspecified atom stereocenters. The maximum absolute atomic E-state index is 12.5. The lowest BCUT2D eigenvalue weighted by atomic mass is 10.0. The third-order valence-corrected chi connectivity index (χ3v) is 13.4. The summed E-state index contributed by atoms with van der Waals surface area (Å²) in [7, 11) is 0. The Morgan fingerprint density at radius 2 is 0.758 bits per heavy atom. The minimum Gasteiger partial charge on any atom is -0.466 e. The van der Waals surface area contributed by atoms with E-state index < -0.39 is 12.1 Å². The highest BCUT2D eigenvalue weighted by molar-refractivity contribution is 5.76. The molecule has 0 radical (unpaired) electrons. The van der Waals surface area contributed by atoms with Crippen molar-refractivity contribution >= 4 is 11.9 Å². The maximum Gasteiger partial charge on any atom is 0.305 e. The van der Waals surface area contributed by atoms with E-state index in [1.54, 1.807) is 0 Å². The van der Waals surface area contributed by atoms with E-state index in [0.717, 1.165) is 89.9 Å². The molecule has 0 spiro atoms. The third-order valence-electron chi connectivity index (χ3n) is 13.4. The van der Waals surface area contributed by atoms with Gasteiger partial charge in [0.15, 0.2) is 0 Å². The average molecular weight is 929 g/mol. The predicted molar refractivity (Wildman–Crippen MR) is 287 cm³/mol. The summed E-state index contributed by atoms with van der Waals surface area (Å²) in [5, 5.41) is 23.3. The second-order valence-corrected chi connectivity index (χ2v) is 20.0. The first-order chi connectivity index (χ1) is 32.5. The van der Waals surface area contributed by atoms with Crippen molar-refractivity contribution in [2.24, 2.45) is 0 Å². The molecule has 6 heteroatoms. The molecule has 0 aromatic carbocycles. The lowest BCUT2D eigenvalue weighted by molar-refractivity contribution is -0.143. The molecule has 2 atom stereocenters. The van der Waals surface area contributed by atoms with E-state index in [4.69, 9.17) is 4.74 Å². The zero-order valence-corrected chi connectivity index (χ0v) is 44.2. The van der Waals surface area contributed by atoms with Crippen molar-refractivity contribution in [2.75, 3.05) is 13.2 Å². The van der Waals surface area contributed by atoms with Crippen molar-refractivity contribution in [1.29, 1.82) is 0 Å². The van der Waals surface area contributed by atoms with Crippen LogP contribution in [0.25, 0.3) is 0 Å². The largest absolute Gasteiger partial charge is 0.466 e. The van der Waals surface area contributed by atoms with Gasteiger partial charge in [0, 0.05) is 12.8 Å². The van der Waals surface area contributed by atoms with Crippen molar-refractivity contribution < 1.29 is 24.5 Å². The Balaban J connectivity index is 3.51. The second kappa shape index (κ2) is 55.7. The van der Waals surface area contributed by atoms with Gasteiger partial charge in [-0.15, -0.1) is 0 Å². The smallest absolute Gasteiger partial charge is 0.305 e. The van der Waals surface area contributed by atoms with E-state index in [1.807, 2.05) is 0 Å². The van der Waals surface area contributed by atoms with Crippen LogP contribution in [-0.2, 0) is 14.3 Å². The summed E-state index contributed by atoms with van der Waals surface area (Å²) in [4.78, 5) is 24.6. The van der Waals surface area contributed by atoms with E-state index in [9.17, 15) is 19.8 Å². The van der Waals surface area contributed by atoms with Crippen LogP contribution < -0.4 is 5.32 Å². The van der Waals surface area contributed by atoms with Gasteiger partial charge in [0.05, 0.1) is 25.4 Å². The minimum absolute atomic E-state index is 0.0381. The summed E-state index contributed by atoms with van der Waals surface area (Å²) in [6, 6.07) is -0.564. The molecule has 66 heavy (non-hydrogen) atoms. The van der Waals surface area contributed by atoms with Gasteiger partial charge in [-0.2, -0.15) is 0 Å². The zero-order valence-electron chi connectivity index (χ0n) is 44.2. The minimum atomic E-state index is -0.684. The molecule has 0 rings (SSSR count). The Kier molecular flexibility index (Phi) is 54.1. The molecule has 0 aliphatic carbocycles. The fourth-order valence-electron chi connectivity index (χ4n) is 8.90. The van der Waals surface area contributed by atoms with E-state index in [2.05, 4.69) is 55.6 Å². The number of unbranched alkanes of at least 4 members (excludes halogenated alkanes) is 37. The molecule has 1 amide bonds. The number of nitrogens with one attached hydrogen (secondary N) is 1. The van der Waals surface area contributed by atoms with Gasteiger partial charge in [0.2, 0.25) is 5.91 Å². The second-order valence-electron chi connectivity index (χ2n) is 20.0. The van der Waals surface area contributed by atoms with Crippen molar-refractivity contribution in [3.63, 3.8) is 0 Å². The number of aliphatic hydroxyl groups excluding tert-OH is 2. The standard InChI is InChI=1S/C60H113NO5/c1-3-5-7-9-11-13-15-17-19-21-23-24-25-27-29-32-36-40-44-48-52-58(63)57(56-62)61-59(64)53-49-45-41-37-33-31-35-39-43-47-51-55-66-60(65)54-50-46-42-38-34-30-28-26-22-20-18-16-14-12-10-8-6-4-2/h14,16,20,22,35,39,57-58,62-63H,3-13,15,17-19,21,23-34,36-38,40-56H2,1-2H3,(H,61,64)/b16-14-,22-20-,39-35-. The number of amides is 1. The first-order valence-corrected chi connectivity index (χ1v) is 29.2. The molecule has 0 aromatic heterocycles. The molecule has 0 saturated heterocycles. The molecule has 0 saturated carbocycles. The van der Waals surface area contributed by atoms with Crippen molar-refractivity contribution in [3.8, 4) is 0 Å². The van der Waals surface area contributed by atoms with Crippen LogP contribution in [0.1, 0.15) is 309 Å². The third kappa shape index (κ3) is 51.5. The number of carbonyl (C=O) groups excluding carboxylic acids is 2. The first kappa shape index (κ1) is 64.1. The van der Waals surface area contributed by atoms with Gasteiger partial charge in [-0.05, 0) is 83.5 Å². The fraction of sp³-hybridized carbons (Fsp3) is 0.867. The molecule has 388 valence electrons. The van der Waals surface area contributed by atoms with E-state index >= 15 is 0 Å². The number of carbonyl (C=O) groups is 2. The number of ether oxygens (including phenoxy) is 1. The molecule has 3 N–H and O–H groups in total. The van der Waals surface area contributed by atoms with Gasteiger partial charge in [0.25, 0.3) is 0 Å². The molecule has 0 aliphatic rings. The number of allylic oxidation sites excluding steroid dienone is 6. The van der Waals surface area contributed by atoms with Crippen LogP contribution in [0.2, 0.25) is 0 Å². The molecule has 6 nitrogen and oxygen atoms in total. The lowest BCUT2D eigenvalue weighted by Crippen LogP contribution is -2.45. The van der Waals surface area contributed by atoms with Crippen LogP contribution in [-0.4, -0.2) is 47.4 Å². The molecule has 0 aromatic rings. The summed E-state index contributed by atoms with van der Waals surface area (Å²) >= 11 is 0. The summed E-state index contributed by atoms with van der Waals surface area (Å²) in [6.45, 7) is 4.87. The lowest BCUT2D eigenvalue weighted by Gasteiger charge is -2.22. The Hall–Kier alpha value is -1.92. The summed E-state index contributed by atoms with van der Waals surface area (Å²) in [6.07, 6.45) is 68.5.